The van der Waals surface area contributed by atoms with Crippen molar-refractivity contribution in [1.82, 2.24) is 0 Å². The molecule has 0 radical (unpaired) electrons. The number of nitrogens with zero attached hydrogens (tertiary/aromatic N) is 1. The molecule has 1 heterocycles. The molecule has 4 heteroatoms. The van der Waals surface area contributed by atoms with Gasteiger partial charge in [0.25, 0.3) is 5.91 Å². The van der Waals surface area contributed by atoms with Crippen LogP contribution >= 0.6 is 11.6 Å². The maximum atomic E-state index is 12.9. The minimum atomic E-state index is 0.00569. The number of para-hydroxylation sites is 2. The molecular weight excluding hydrogens is 284 g/mol. The fourth-order valence-corrected chi connectivity index (χ4v) is 2.81. The number of carbonyl (C=O) groups excluding carboxylic acids is 1. The number of rotatable bonds is 1. The lowest BCUT2D eigenvalue weighted by atomic mass is 10.1. The smallest absolute Gasteiger partial charge is 0.258 e. The van der Waals surface area contributed by atoms with Gasteiger partial charge in [0.15, 0.2) is 0 Å². The van der Waals surface area contributed by atoms with Crippen LogP contribution in [0.4, 0.5) is 11.4 Å². The first kappa shape index (κ1) is 14.0. The summed E-state index contributed by atoms with van der Waals surface area (Å²) in [6, 6.07) is 13.4. The Bertz CT molecular complexity index is 684. The summed E-state index contributed by atoms with van der Waals surface area (Å²) in [7, 11) is 0. The molecule has 1 aliphatic heterocycles. The first-order valence-corrected chi connectivity index (χ1v) is 7.46. The van der Waals surface area contributed by atoms with Gasteiger partial charge in [0.1, 0.15) is 0 Å². The van der Waals surface area contributed by atoms with Crippen LogP contribution in [0.2, 0.25) is 5.02 Å². The van der Waals surface area contributed by atoms with Gasteiger partial charge in [0.2, 0.25) is 0 Å². The molecule has 3 rings (SSSR count). The van der Waals surface area contributed by atoms with E-state index in [4.69, 9.17) is 11.6 Å². The molecule has 0 aliphatic carbocycles. The summed E-state index contributed by atoms with van der Waals surface area (Å²) >= 11 is 6.15. The highest BCUT2D eigenvalue weighted by Crippen LogP contribution is 2.30. The second kappa shape index (κ2) is 5.78. The van der Waals surface area contributed by atoms with E-state index in [1.165, 1.54) is 0 Å². The maximum absolute atomic E-state index is 12.9. The minimum Gasteiger partial charge on any atom is -0.383 e. The number of nitrogens with one attached hydrogen (secondary N) is 1. The van der Waals surface area contributed by atoms with Crippen LogP contribution in [0.3, 0.4) is 0 Å². The highest BCUT2D eigenvalue weighted by atomic mass is 35.5. The molecule has 0 saturated carbocycles. The molecule has 108 valence electrons. The second-order valence-electron chi connectivity index (χ2n) is 5.17. The number of benzene rings is 2. The van der Waals surface area contributed by atoms with Crippen LogP contribution < -0.4 is 10.2 Å². The van der Waals surface area contributed by atoms with Crippen molar-refractivity contribution in [3.63, 3.8) is 0 Å². The fourth-order valence-electron chi connectivity index (χ4n) is 2.63. The van der Waals surface area contributed by atoms with Crippen molar-refractivity contribution in [2.45, 2.75) is 13.3 Å². The predicted molar refractivity (Wildman–Crippen MR) is 87.4 cm³/mol. The minimum absolute atomic E-state index is 0.00569. The average molecular weight is 301 g/mol. The van der Waals surface area contributed by atoms with Crippen LogP contribution in [0, 0.1) is 6.92 Å². The van der Waals surface area contributed by atoms with Gasteiger partial charge in [-0.25, -0.2) is 0 Å². The Morgan fingerprint density at radius 1 is 1.19 bits per heavy atom. The number of carbonyl (C=O) groups is 1. The van der Waals surface area contributed by atoms with Gasteiger partial charge in [-0.05, 0) is 43.2 Å². The fraction of sp³-hybridized carbons (Fsp3) is 0.235. The van der Waals surface area contributed by atoms with Gasteiger partial charge in [-0.15, -0.1) is 0 Å². The van der Waals surface area contributed by atoms with E-state index >= 15 is 0 Å². The van der Waals surface area contributed by atoms with Crippen molar-refractivity contribution < 1.29 is 4.79 Å². The van der Waals surface area contributed by atoms with E-state index in [2.05, 4.69) is 5.32 Å². The molecule has 1 N–H and O–H groups in total. The molecule has 1 aliphatic rings. The molecule has 2 aromatic rings. The lowest BCUT2D eigenvalue weighted by molar-refractivity contribution is 0.0986. The van der Waals surface area contributed by atoms with Crippen molar-refractivity contribution in [2.75, 3.05) is 23.3 Å². The zero-order valence-electron chi connectivity index (χ0n) is 11.9. The molecule has 0 spiro atoms. The number of halogens is 1. The van der Waals surface area contributed by atoms with Crippen LogP contribution in [-0.2, 0) is 0 Å². The quantitative estimate of drug-likeness (QED) is 0.859. The number of anilines is 2. The molecule has 21 heavy (non-hydrogen) atoms. The van der Waals surface area contributed by atoms with E-state index in [1.807, 2.05) is 54.3 Å². The van der Waals surface area contributed by atoms with Gasteiger partial charge in [-0.1, -0.05) is 29.8 Å². The lowest BCUT2D eigenvalue weighted by Gasteiger charge is -2.23. The summed E-state index contributed by atoms with van der Waals surface area (Å²) in [5.74, 6) is 0.00569. The van der Waals surface area contributed by atoms with Gasteiger partial charge >= 0.3 is 0 Å². The third-order valence-electron chi connectivity index (χ3n) is 3.81. The first-order chi connectivity index (χ1) is 10.2. The van der Waals surface area contributed by atoms with Crippen molar-refractivity contribution in [3.05, 3.63) is 58.6 Å². The van der Waals surface area contributed by atoms with E-state index in [-0.39, 0.29) is 5.91 Å². The van der Waals surface area contributed by atoms with Crippen LogP contribution in [0.5, 0.6) is 0 Å². The van der Waals surface area contributed by atoms with E-state index in [0.717, 1.165) is 29.9 Å². The molecule has 0 unspecified atom stereocenters. The van der Waals surface area contributed by atoms with Crippen LogP contribution in [0.15, 0.2) is 42.5 Å². The Kier molecular flexibility index (Phi) is 3.84. The Hall–Kier alpha value is -2.00. The molecular formula is C17H17ClN2O. The Morgan fingerprint density at radius 3 is 2.86 bits per heavy atom. The highest BCUT2D eigenvalue weighted by Gasteiger charge is 2.23. The third-order valence-corrected chi connectivity index (χ3v) is 4.22. The maximum Gasteiger partial charge on any atom is 0.258 e. The Morgan fingerprint density at radius 2 is 2.00 bits per heavy atom. The van der Waals surface area contributed by atoms with Gasteiger partial charge in [-0.3, -0.25) is 4.79 Å². The first-order valence-electron chi connectivity index (χ1n) is 7.08. The summed E-state index contributed by atoms with van der Waals surface area (Å²) in [5, 5.41) is 3.99. The standard InChI is InChI=1S/C17H17ClN2O/c1-12-13(6-4-7-14(12)18)17(21)20-11-5-10-19-15-8-2-3-9-16(15)20/h2-4,6-9,19H,5,10-11H2,1H3. The topological polar surface area (TPSA) is 32.3 Å². The van der Waals surface area contributed by atoms with Crippen LogP contribution in [0.25, 0.3) is 0 Å². The Balaban J connectivity index is 2.03. The Labute approximate surface area is 129 Å². The summed E-state index contributed by atoms with van der Waals surface area (Å²) in [5.41, 5.74) is 3.43. The van der Waals surface area contributed by atoms with Gasteiger partial charge in [0.05, 0.1) is 11.4 Å². The summed E-state index contributed by atoms with van der Waals surface area (Å²) in [6.07, 6.45) is 0.917. The van der Waals surface area contributed by atoms with E-state index in [1.54, 1.807) is 0 Å². The molecule has 2 aromatic carbocycles. The number of fused-ring (bicyclic) bond motifs is 1. The molecule has 0 saturated heterocycles. The lowest BCUT2D eigenvalue weighted by Crippen LogP contribution is -2.32. The van der Waals surface area contributed by atoms with Gasteiger partial charge in [0, 0.05) is 23.7 Å². The van der Waals surface area contributed by atoms with E-state index < -0.39 is 0 Å². The highest BCUT2D eigenvalue weighted by molar-refractivity contribution is 6.32. The predicted octanol–water partition coefficient (Wildman–Crippen LogP) is 4.11. The van der Waals surface area contributed by atoms with Crippen molar-refractivity contribution >= 4 is 28.9 Å². The molecule has 0 atom stereocenters. The molecule has 0 bridgehead atoms. The van der Waals surface area contributed by atoms with E-state index in [9.17, 15) is 4.79 Å². The normalized spacial score (nSPS) is 14.1. The molecule has 3 nitrogen and oxygen atoms in total. The van der Waals surface area contributed by atoms with Gasteiger partial charge < -0.3 is 10.2 Å². The molecule has 0 fully saturated rings. The monoisotopic (exact) mass is 300 g/mol. The SMILES string of the molecule is Cc1c(Cl)cccc1C(=O)N1CCCNc2ccccc21. The van der Waals surface area contributed by atoms with Crippen molar-refractivity contribution in [1.29, 1.82) is 0 Å². The summed E-state index contributed by atoms with van der Waals surface area (Å²) in [6.45, 7) is 3.46. The van der Waals surface area contributed by atoms with Crippen LogP contribution in [-0.4, -0.2) is 19.0 Å². The van der Waals surface area contributed by atoms with Crippen molar-refractivity contribution in [2.24, 2.45) is 0 Å². The largest absolute Gasteiger partial charge is 0.383 e. The zero-order valence-corrected chi connectivity index (χ0v) is 12.7. The third kappa shape index (κ3) is 2.61. The van der Waals surface area contributed by atoms with Crippen LogP contribution in [0.1, 0.15) is 22.3 Å². The number of hydrogen-bond donors (Lipinski definition) is 1. The zero-order chi connectivity index (χ0) is 14.8. The average Bonchev–Trinajstić information content (AvgIpc) is 2.72. The molecule has 0 aromatic heterocycles. The second-order valence-corrected chi connectivity index (χ2v) is 5.57. The number of amides is 1. The van der Waals surface area contributed by atoms with Gasteiger partial charge in [-0.2, -0.15) is 0 Å². The number of hydrogen-bond acceptors (Lipinski definition) is 2. The van der Waals surface area contributed by atoms with E-state index in [0.29, 0.717) is 17.1 Å². The molecule has 1 amide bonds. The summed E-state index contributed by atoms with van der Waals surface area (Å²) in [4.78, 5) is 14.8. The van der Waals surface area contributed by atoms with Crippen molar-refractivity contribution in [3.8, 4) is 0 Å². The summed E-state index contributed by atoms with van der Waals surface area (Å²) < 4.78 is 0.